The van der Waals surface area contributed by atoms with Gasteiger partial charge in [-0.2, -0.15) is 4.98 Å². The fraction of sp³-hybridized carbons (Fsp3) is 0.320. The summed E-state index contributed by atoms with van der Waals surface area (Å²) >= 11 is 0. The predicted octanol–water partition coefficient (Wildman–Crippen LogP) is 3.98. The molecule has 2 aromatic carbocycles. The van der Waals surface area contributed by atoms with E-state index in [1.54, 1.807) is 4.57 Å². The topological polar surface area (TPSA) is 64.7 Å². The molecule has 158 valence electrons. The van der Waals surface area contributed by atoms with Crippen molar-refractivity contribution in [3.8, 4) is 0 Å². The third-order valence-corrected chi connectivity index (χ3v) is 5.80. The number of nitrogens with one attached hydrogen (secondary N) is 1. The normalized spacial score (nSPS) is 15.8. The summed E-state index contributed by atoms with van der Waals surface area (Å²) in [7, 11) is 0. The summed E-state index contributed by atoms with van der Waals surface area (Å²) in [5, 5.41) is 3.62. The summed E-state index contributed by atoms with van der Waals surface area (Å²) in [6.45, 7) is 7.72. The fourth-order valence-corrected chi connectivity index (χ4v) is 4.41. The second-order valence-electron chi connectivity index (χ2n) is 9.31. The van der Waals surface area contributed by atoms with Crippen LogP contribution in [0.4, 0.5) is 5.82 Å². The van der Waals surface area contributed by atoms with E-state index in [1.165, 1.54) is 11.1 Å². The van der Waals surface area contributed by atoms with Crippen LogP contribution in [0.5, 0.6) is 0 Å². The average Bonchev–Trinajstić information content (AvgIpc) is 3.31. The predicted molar refractivity (Wildman–Crippen MR) is 124 cm³/mol. The summed E-state index contributed by atoms with van der Waals surface area (Å²) in [4.78, 5) is 22.0. The highest BCUT2D eigenvalue weighted by molar-refractivity contribution is 5.85. The van der Waals surface area contributed by atoms with E-state index in [0.717, 1.165) is 23.6 Å². The average molecular weight is 414 g/mol. The number of benzene rings is 2. The second-order valence-corrected chi connectivity index (χ2v) is 9.31. The van der Waals surface area contributed by atoms with Gasteiger partial charge in [-0.1, -0.05) is 81.4 Å². The number of rotatable bonds is 4. The van der Waals surface area contributed by atoms with Crippen LogP contribution in [-0.4, -0.2) is 25.1 Å². The van der Waals surface area contributed by atoms with Crippen molar-refractivity contribution < 1.29 is 0 Å². The van der Waals surface area contributed by atoms with E-state index in [9.17, 15) is 4.79 Å². The molecular formula is C25H27N5O. The van der Waals surface area contributed by atoms with E-state index in [2.05, 4.69) is 59.9 Å². The molecule has 0 aliphatic carbocycles. The number of hydrogen-bond acceptors (Lipinski definition) is 4. The Hall–Kier alpha value is -3.41. The van der Waals surface area contributed by atoms with Gasteiger partial charge in [-0.3, -0.25) is 4.57 Å². The summed E-state index contributed by atoms with van der Waals surface area (Å²) in [6.07, 6.45) is 0.850. The van der Waals surface area contributed by atoms with Crippen molar-refractivity contribution in [2.24, 2.45) is 0 Å². The van der Waals surface area contributed by atoms with Crippen LogP contribution >= 0.6 is 0 Å². The van der Waals surface area contributed by atoms with Crippen LogP contribution in [0.3, 0.4) is 0 Å². The molecule has 1 aliphatic heterocycles. The summed E-state index contributed by atoms with van der Waals surface area (Å²) in [5.74, 6) is 1.76. The molecule has 1 aliphatic rings. The van der Waals surface area contributed by atoms with Crippen LogP contribution in [0.1, 0.15) is 37.7 Å². The quantitative estimate of drug-likeness (QED) is 0.550. The lowest BCUT2D eigenvalue weighted by Gasteiger charge is -2.20. The molecular weight excluding hydrogens is 386 g/mol. The Kier molecular flexibility index (Phi) is 4.65. The first-order valence-electron chi connectivity index (χ1n) is 10.8. The van der Waals surface area contributed by atoms with E-state index in [4.69, 9.17) is 4.98 Å². The maximum atomic E-state index is 12.8. The zero-order valence-electron chi connectivity index (χ0n) is 18.2. The van der Waals surface area contributed by atoms with E-state index in [-0.39, 0.29) is 17.1 Å². The van der Waals surface area contributed by atoms with Crippen molar-refractivity contribution in [3.05, 3.63) is 88.1 Å². The van der Waals surface area contributed by atoms with Gasteiger partial charge >= 0.3 is 5.69 Å². The van der Waals surface area contributed by atoms with Crippen LogP contribution in [0.25, 0.3) is 11.2 Å². The largest absolute Gasteiger partial charge is 0.365 e. The van der Waals surface area contributed by atoms with Crippen molar-refractivity contribution in [1.29, 1.82) is 0 Å². The molecule has 1 N–H and O–H groups in total. The molecule has 31 heavy (non-hydrogen) atoms. The maximum absolute atomic E-state index is 12.8. The number of fused-ring (bicyclic) bond motifs is 3. The van der Waals surface area contributed by atoms with E-state index < -0.39 is 0 Å². The summed E-state index contributed by atoms with van der Waals surface area (Å²) in [6, 6.07) is 20.9. The molecule has 0 radical (unpaired) electrons. The summed E-state index contributed by atoms with van der Waals surface area (Å²) in [5.41, 5.74) is 3.44. The molecule has 0 unspecified atom stereocenters. The first kappa shape index (κ1) is 19.5. The third kappa shape index (κ3) is 3.63. The van der Waals surface area contributed by atoms with Gasteiger partial charge in [-0.15, -0.1) is 0 Å². The molecule has 0 fully saturated rings. The molecule has 5 rings (SSSR count). The number of anilines is 1. The minimum absolute atomic E-state index is 0.140. The molecule has 0 spiro atoms. The smallest absolute Gasteiger partial charge is 0.351 e. The van der Waals surface area contributed by atoms with Crippen LogP contribution in [0, 0.1) is 0 Å². The molecule has 0 saturated carbocycles. The first-order chi connectivity index (χ1) is 14.9. The van der Waals surface area contributed by atoms with Gasteiger partial charge in [-0.05, 0) is 17.5 Å². The first-order valence-corrected chi connectivity index (χ1v) is 10.8. The minimum atomic E-state index is -0.240. The molecule has 2 aromatic heterocycles. The van der Waals surface area contributed by atoms with Gasteiger partial charge in [0.1, 0.15) is 17.2 Å². The van der Waals surface area contributed by atoms with Gasteiger partial charge in [0.25, 0.3) is 0 Å². The molecule has 6 nitrogen and oxygen atoms in total. The summed E-state index contributed by atoms with van der Waals surface area (Å²) < 4.78 is 3.99. The molecule has 1 atom stereocenters. The SMILES string of the molecule is CC(C)(C)c1nc2nc(=O)n3c(c2n1Cc1ccccc1)N[C@H](Cc1ccccc1)C3. The van der Waals surface area contributed by atoms with Gasteiger partial charge in [0.05, 0.1) is 0 Å². The van der Waals surface area contributed by atoms with Gasteiger partial charge in [0, 0.05) is 24.5 Å². The molecule has 3 heterocycles. The highest BCUT2D eigenvalue weighted by atomic mass is 16.1. The molecule has 0 saturated heterocycles. The highest BCUT2D eigenvalue weighted by Gasteiger charge is 2.31. The van der Waals surface area contributed by atoms with Gasteiger partial charge in [0.2, 0.25) is 0 Å². The van der Waals surface area contributed by atoms with E-state index >= 15 is 0 Å². The monoisotopic (exact) mass is 413 g/mol. The Morgan fingerprint density at radius 2 is 1.61 bits per heavy atom. The Morgan fingerprint density at radius 1 is 0.968 bits per heavy atom. The second kappa shape index (κ2) is 7.38. The Bertz CT molecular complexity index is 1280. The Morgan fingerprint density at radius 3 is 2.26 bits per heavy atom. The molecule has 6 heteroatoms. The molecule has 4 aromatic rings. The van der Waals surface area contributed by atoms with Crippen molar-refractivity contribution >= 4 is 17.0 Å². The van der Waals surface area contributed by atoms with Gasteiger partial charge in [-0.25, -0.2) is 9.78 Å². The van der Waals surface area contributed by atoms with Gasteiger partial charge in [0.15, 0.2) is 5.65 Å². The zero-order chi connectivity index (χ0) is 21.6. The lowest BCUT2D eigenvalue weighted by Crippen LogP contribution is -2.24. The Labute approximate surface area is 181 Å². The van der Waals surface area contributed by atoms with Crippen LogP contribution in [0.15, 0.2) is 65.5 Å². The van der Waals surface area contributed by atoms with Crippen LogP contribution < -0.4 is 11.0 Å². The molecule has 0 bridgehead atoms. The zero-order valence-corrected chi connectivity index (χ0v) is 18.2. The van der Waals surface area contributed by atoms with Crippen LogP contribution in [0.2, 0.25) is 0 Å². The highest BCUT2D eigenvalue weighted by Crippen LogP contribution is 2.32. The lowest BCUT2D eigenvalue weighted by atomic mass is 9.95. The fourth-order valence-electron chi connectivity index (χ4n) is 4.41. The standard InChI is InChI=1S/C25H27N5O/c1-25(2,3)23-27-21-20(29(23)15-18-12-8-5-9-13-18)22-26-19(16-30(22)24(31)28-21)14-17-10-6-4-7-11-17/h4-13,19,26H,14-16H2,1-3H3/t19-/m1/s1. The number of hydrogen-bond donors (Lipinski definition) is 1. The van der Waals surface area contributed by atoms with Crippen molar-refractivity contribution in [1.82, 2.24) is 19.1 Å². The number of imidazole rings is 1. The maximum Gasteiger partial charge on any atom is 0.351 e. The van der Waals surface area contributed by atoms with E-state index in [0.29, 0.717) is 18.7 Å². The molecule has 0 amide bonds. The number of nitrogens with zero attached hydrogens (tertiary/aromatic N) is 4. The van der Waals surface area contributed by atoms with E-state index in [1.807, 2.05) is 36.4 Å². The van der Waals surface area contributed by atoms with Crippen molar-refractivity contribution in [2.45, 2.75) is 51.7 Å². The van der Waals surface area contributed by atoms with Gasteiger partial charge < -0.3 is 9.88 Å². The lowest BCUT2D eigenvalue weighted by molar-refractivity contribution is 0.516. The van der Waals surface area contributed by atoms with Crippen molar-refractivity contribution in [2.75, 3.05) is 5.32 Å². The third-order valence-electron chi connectivity index (χ3n) is 5.80. The Balaban J connectivity index is 1.63. The number of aromatic nitrogens is 4. The minimum Gasteiger partial charge on any atom is -0.365 e. The van der Waals surface area contributed by atoms with Crippen LogP contribution in [-0.2, 0) is 24.9 Å². The van der Waals surface area contributed by atoms with Crippen molar-refractivity contribution in [3.63, 3.8) is 0 Å².